The molecule has 1 fully saturated rings. The minimum atomic E-state index is -0.629. The van der Waals surface area contributed by atoms with Gasteiger partial charge in [-0.1, -0.05) is 0 Å². The van der Waals surface area contributed by atoms with E-state index in [2.05, 4.69) is 15.5 Å². The number of anilines is 3. The molecule has 8 nitrogen and oxygen atoms in total. The zero-order valence-electron chi connectivity index (χ0n) is 15.9. The number of nitrogens with zero attached hydrogens (tertiary/aromatic N) is 1. The van der Waals surface area contributed by atoms with Crippen LogP contribution in [0.15, 0.2) is 42.5 Å². The summed E-state index contributed by atoms with van der Waals surface area (Å²) in [6, 6.07) is 11.7. The molecule has 0 bridgehead atoms. The predicted molar refractivity (Wildman–Crippen MR) is 107 cm³/mol. The largest absolute Gasteiger partial charge is 0.497 e. The molecule has 29 heavy (non-hydrogen) atoms. The molecule has 0 radical (unpaired) electrons. The van der Waals surface area contributed by atoms with Gasteiger partial charge in [-0.3, -0.25) is 9.59 Å². The van der Waals surface area contributed by atoms with Gasteiger partial charge < -0.3 is 25.0 Å². The Bertz CT molecular complexity index is 957. The average molecular weight is 395 g/mol. The Labute approximate surface area is 167 Å². The van der Waals surface area contributed by atoms with Crippen LogP contribution in [0, 0.1) is 0 Å². The van der Waals surface area contributed by atoms with Gasteiger partial charge in [-0.15, -0.1) is 0 Å². The van der Waals surface area contributed by atoms with Crippen molar-refractivity contribution >= 4 is 34.8 Å². The van der Waals surface area contributed by atoms with E-state index in [1.165, 1.54) is 0 Å². The quantitative estimate of drug-likeness (QED) is 0.755. The minimum absolute atomic E-state index is 0.0561. The van der Waals surface area contributed by atoms with E-state index in [0.29, 0.717) is 17.1 Å². The first kappa shape index (κ1) is 18.8. The summed E-state index contributed by atoms with van der Waals surface area (Å²) in [6.45, 7) is 0.406. The average Bonchev–Trinajstić information content (AvgIpc) is 3.23. The van der Waals surface area contributed by atoms with Crippen LogP contribution in [0.3, 0.4) is 0 Å². The molecule has 8 heteroatoms. The molecule has 150 valence electrons. The van der Waals surface area contributed by atoms with Crippen molar-refractivity contribution < 1.29 is 23.9 Å². The van der Waals surface area contributed by atoms with E-state index in [4.69, 9.17) is 9.47 Å². The van der Waals surface area contributed by atoms with Crippen LogP contribution in [-0.4, -0.2) is 44.1 Å². The molecule has 0 aliphatic carbocycles. The molecular formula is C21H21N3O5. The molecule has 2 amide bonds. The van der Waals surface area contributed by atoms with Crippen LogP contribution in [0.1, 0.15) is 23.2 Å². The van der Waals surface area contributed by atoms with Crippen molar-refractivity contribution in [3.8, 4) is 5.75 Å². The summed E-state index contributed by atoms with van der Waals surface area (Å²) in [7, 11) is 1.56. The number of esters is 1. The van der Waals surface area contributed by atoms with Crippen molar-refractivity contribution in [3.05, 3.63) is 48.0 Å². The highest BCUT2D eigenvalue weighted by Gasteiger charge is 2.36. The molecule has 1 atom stereocenters. The van der Waals surface area contributed by atoms with E-state index in [1.807, 2.05) is 0 Å². The summed E-state index contributed by atoms with van der Waals surface area (Å²) in [4.78, 5) is 38.6. The Morgan fingerprint density at radius 3 is 2.76 bits per heavy atom. The van der Waals surface area contributed by atoms with Gasteiger partial charge in [0.2, 0.25) is 5.91 Å². The number of ether oxygens (including phenoxy) is 2. The highest BCUT2D eigenvalue weighted by Crippen LogP contribution is 2.37. The van der Waals surface area contributed by atoms with E-state index in [-0.39, 0.29) is 17.5 Å². The Balaban J connectivity index is 1.37. The summed E-state index contributed by atoms with van der Waals surface area (Å²) in [5.74, 6) is -0.460. The molecule has 2 aromatic carbocycles. The summed E-state index contributed by atoms with van der Waals surface area (Å²) < 4.78 is 10.2. The van der Waals surface area contributed by atoms with Crippen molar-refractivity contribution in [2.24, 2.45) is 0 Å². The highest BCUT2D eigenvalue weighted by molar-refractivity contribution is 6.05. The van der Waals surface area contributed by atoms with Crippen LogP contribution in [0.4, 0.5) is 17.1 Å². The van der Waals surface area contributed by atoms with Gasteiger partial charge in [0.15, 0.2) is 6.61 Å². The van der Waals surface area contributed by atoms with Gasteiger partial charge >= 0.3 is 5.97 Å². The molecule has 1 saturated heterocycles. The van der Waals surface area contributed by atoms with Crippen molar-refractivity contribution in [2.45, 2.75) is 18.9 Å². The minimum Gasteiger partial charge on any atom is -0.497 e. The van der Waals surface area contributed by atoms with Crippen molar-refractivity contribution in [1.29, 1.82) is 0 Å². The fourth-order valence-electron chi connectivity index (χ4n) is 3.64. The summed E-state index contributed by atoms with van der Waals surface area (Å²) in [5, 5.41) is 5.50. The second-order valence-electron chi connectivity index (χ2n) is 6.93. The van der Waals surface area contributed by atoms with Gasteiger partial charge in [-0.05, 0) is 55.3 Å². The Hall–Kier alpha value is -3.55. The molecule has 0 spiro atoms. The maximum Gasteiger partial charge on any atom is 0.338 e. The van der Waals surface area contributed by atoms with Crippen molar-refractivity contribution in [3.63, 3.8) is 0 Å². The third-order valence-corrected chi connectivity index (χ3v) is 5.06. The number of nitrogens with one attached hydrogen (secondary N) is 2. The molecule has 4 rings (SSSR count). The number of hydrogen-bond acceptors (Lipinski definition) is 6. The van der Waals surface area contributed by atoms with Crippen LogP contribution in [0.5, 0.6) is 5.75 Å². The Morgan fingerprint density at radius 1 is 1.21 bits per heavy atom. The molecule has 0 unspecified atom stereocenters. The first-order valence-corrected chi connectivity index (χ1v) is 9.38. The normalized spacial score (nSPS) is 17.1. The van der Waals surface area contributed by atoms with E-state index in [1.54, 1.807) is 49.6 Å². The molecule has 2 aliphatic heterocycles. The van der Waals surface area contributed by atoms with Gasteiger partial charge in [-0.25, -0.2) is 4.79 Å². The van der Waals surface area contributed by atoms with Crippen LogP contribution in [-0.2, 0) is 14.3 Å². The Morgan fingerprint density at radius 2 is 2.00 bits per heavy atom. The van der Waals surface area contributed by atoms with Gasteiger partial charge in [0.05, 0.1) is 24.0 Å². The van der Waals surface area contributed by atoms with Gasteiger partial charge in [0.1, 0.15) is 11.8 Å². The van der Waals surface area contributed by atoms with Gasteiger partial charge in [0.25, 0.3) is 5.91 Å². The zero-order valence-corrected chi connectivity index (χ0v) is 15.9. The number of benzene rings is 2. The smallest absolute Gasteiger partial charge is 0.338 e. The van der Waals surface area contributed by atoms with Crippen molar-refractivity contribution in [2.75, 3.05) is 35.8 Å². The fraction of sp³-hybridized carbons (Fsp3) is 0.286. The third-order valence-electron chi connectivity index (χ3n) is 5.06. The Kier molecular flexibility index (Phi) is 5.07. The zero-order chi connectivity index (χ0) is 20.4. The van der Waals surface area contributed by atoms with Crippen LogP contribution >= 0.6 is 0 Å². The molecule has 2 N–H and O–H groups in total. The lowest BCUT2D eigenvalue weighted by molar-refractivity contribution is -0.119. The number of amides is 2. The van der Waals surface area contributed by atoms with E-state index in [9.17, 15) is 14.4 Å². The monoisotopic (exact) mass is 395 g/mol. The maximum absolute atomic E-state index is 12.3. The number of methoxy groups -OCH3 is 1. The van der Waals surface area contributed by atoms with E-state index >= 15 is 0 Å². The van der Waals surface area contributed by atoms with Gasteiger partial charge in [-0.2, -0.15) is 0 Å². The summed E-state index contributed by atoms with van der Waals surface area (Å²) in [5.41, 5.74) is 2.34. The first-order chi connectivity index (χ1) is 14.0. The molecule has 0 aromatic heterocycles. The molecular weight excluding hydrogens is 374 g/mol. The number of carbonyl (C=O) groups excluding carboxylic acids is 3. The summed E-state index contributed by atoms with van der Waals surface area (Å²) >= 11 is 0. The number of hydrogen-bond donors (Lipinski definition) is 2. The second-order valence-corrected chi connectivity index (χ2v) is 6.93. The lowest BCUT2D eigenvalue weighted by Gasteiger charge is -2.33. The summed E-state index contributed by atoms with van der Waals surface area (Å²) in [6.07, 6.45) is 1.79. The number of rotatable bonds is 5. The highest BCUT2D eigenvalue weighted by atomic mass is 16.5. The fourth-order valence-corrected chi connectivity index (χ4v) is 3.64. The number of fused-ring (bicyclic) bond motifs is 3. The predicted octanol–water partition coefficient (Wildman–Crippen LogP) is 2.41. The standard InChI is InChI=1S/C21H21N3O5/c1-28-15-7-5-14(6-8-15)22-19(25)12-29-21(27)13-4-9-17-16(11-13)23-20(26)18-3-2-10-24(17)18/h4-9,11,18H,2-3,10,12H2,1H3,(H,22,25)(H,23,26)/t18-/m0/s1. The SMILES string of the molecule is COc1ccc(NC(=O)COC(=O)c2ccc3c(c2)NC(=O)[C@@H]2CCCN32)cc1. The first-order valence-electron chi connectivity index (χ1n) is 9.38. The lowest BCUT2D eigenvalue weighted by Crippen LogP contribution is -2.43. The molecule has 0 saturated carbocycles. The van der Waals surface area contributed by atoms with Crippen LogP contribution in [0.25, 0.3) is 0 Å². The molecule has 2 heterocycles. The molecule has 2 aromatic rings. The molecule has 2 aliphatic rings. The topological polar surface area (TPSA) is 97.0 Å². The third kappa shape index (κ3) is 3.87. The van der Waals surface area contributed by atoms with Crippen LogP contribution in [0.2, 0.25) is 0 Å². The maximum atomic E-state index is 12.3. The lowest BCUT2D eigenvalue weighted by atomic mass is 10.1. The second kappa shape index (κ2) is 7.83. The van der Waals surface area contributed by atoms with Crippen LogP contribution < -0.4 is 20.3 Å². The number of carbonyl (C=O) groups is 3. The van der Waals surface area contributed by atoms with Crippen molar-refractivity contribution in [1.82, 2.24) is 0 Å². The van der Waals surface area contributed by atoms with E-state index in [0.717, 1.165) is 25.1 Å². The van der Waals surface area contributed by atoms with E-state index < -0.39 is 18.5 Å². The van der Waals surface area contributed by atoms with Gasteiger partial charge in [0, 0.05) is 12.2 Å².